The molecule has 1 aromatic heterocycles. The van der Waals surface area contributed by atoms with Crippen molar-refractivity contribution in [1.82, 2.24) is 9.97 Å². The van der Waals surface area contributed by atoms with Gasteiger partial charge in [-0.25, -0.2) is 9.97 Å². The fraction of sp³-hybridized carbons (Fsp3) is 0.333. The van der Waals surface area contributed by atoms with Crippen LogP contribution in [0.4, 0.5) is 5.82 Å². The molecule has 4 nitrogen and oxygen atoms in total. The van der Waals surface area contributed by atoms with Crippen molar-refractivity contribution in [3.8, 4) is 17.1 Å². The number of hydrogen-bond acceptors (Lipinski definition) is 4. The highest BCUT2D eigenvalue weighted by atomic mass is 16.5. The summed E-state index contributed by atoms with van der Waals surface area (Å²) in [6.07, 6.45) is 0.947. The van der Waals surface area contributed by atoms with Crippen molar-refractivity contribution < 1.29 is 4.74 Å². The Balaban J connectivity index is 2.06. The first kappa shape index (κ1) is 12.0. The molecule has 2 N–H and O–H groups in total. The number of nitrogens with two attached hydrogens (primary N) is 1. The monoisotopic (exact) mass is 255 g/mol. The van der Waals surface area contributed by atoms with Gasteiger partial charge in [-0.3, -0.25) is 0 Å². The Morgan fingerprint density at radius 3 is 2.84 bits per heavy atom. The van der Waals surface area contributed by atoms with E-state index in [0.29, 0.717) is 17.6 Å². The number of nitrogen functional groups attached to an aromatic ring is 1. The maximum absolute atomic E-state index is 5.87. The summed E-state index contributed by atoms with van der Waals surface area (Å²) in [5.41, 5.74) is 9.06. The van der Waals surface area contributed by atoms with Crippen LogP contribution in [0.25, 0.3) is 11.4 Å². The standard InChI is InChI=1S/C15H17N3O/c1-9(2)12-8-14(16)18-15(17-12)11-3-4-13-10(7-11)5-6-19-13/h3-4,7-9H,5-6H2,1-2H3,(H2,16,17,18). The van der Waals surface area contributed by atoms with Gasteiger partial charge in [0, 0.05) is 23.7 Å². The van der Waals surface area contributed by atoms with Crippen LogP contribution in [-0.4, -0.2) is 16.6 Å². The highest BCUT2D eigenvalue weighted by Crippen LogP contribution is 2.30. The maximum atomic E-state index is 5.87. The average molecular weight is 255 g/mol. The fourth-order valence-electron chi connectivity index (χ4n) is 2.24. The van der Waals surface area contributed by atoms with Crippen molar-refractivity contribution in [1.29, 1.82) is 0 Å². The molecule has 0 fully saturated rings. The number of hydrogen-bond donors (Lipinski definition) is 1. The van der Waals surface area contributed by atoms with Crippen molar-refractivity contribution in [2.45, 2.75) is 26.2 Å². The zero-order valence-electron chi connectivity index (χ0n) is 11.2. The van der Waals surface area contributed by atoms with E-state index in [1.165, 1.54) is 5.56 Å². The van der Waals surface area contributed by atoms with E-state index in [2.05, 4.69) is 29.9 Å². The molecule has 0 spiro atoms. The number of fused-ring (bicyclic) bond motifs is 1. The van der Waals surface area contributed by atoms with Crippen LogP contribution in [0.5, 0.6) is 5.75 Å². The van der Waals surface area contributed by atoms with Crippen molar-refractivity contribution in [2.24, 2.45) is 0 Å². The largest absolute Gasteiger partial charge is 0.493 e. The second-order valence-electron chi connectivity index (χ2n) is 5.12. The van der Waals surface area contributed by atoms with Crippen molar-refractivity contribution >= 4 is 5.82 Å². The number of rotatable bonds is 2. The van der Waals surface area contributed by atoms with Gasteiger partial charge in [0.15, 0.2) is 5.82 Å². The van der Waals surface area contributed by atoms with Gasteiger partial charge in [-0.15, -0.1) is 0 Å². The molecule has 4 heteroatoms. The van der Waals surface area contributed by atoms with Crippen LogP contribution in [-0.2, 0) is 6.42 Å². The molecular formula is C15H17N3O. The van der Waals surface area contributed by atoms with Crippen molar-refractivity contribution in [3.63, 3.8) is 0 Å². The average Bonchev–Trinajstić information content (AvgIpc) is 2.85. The van der Waals surface area contributed by atoms with E-state index in [4.69, 9.17) is 10.5 Å². The minimum absolute atomic E-state index is 0.335. The molecule has 2 heterocycles. The van der Waals surface area contributed by atoms with Gasteiger partial charge in [-0.05, 0) is 29.7 Å². The Labute approximate surface area is 112 Å². The van der Waals surface area contributed by atoms with E-state index >= 15 is 0 Å². The molecule has 98 valence electrons. The van der Waals surface area contributed by atoms with E-state index < -0.39 is 0 Å². The van der Waals surface area contributed by atoms with Gasteiger partial charge < -0.3 is 10.5 Å². The molecule has 0 aliphatic carbocycles. The van der Waals surface area contributed by atoms with Gasteiger partial charge in [-0.1, -0.05) is 13.8 Å². The van der Waals surface area contributed by atoms with Crippen molar-refractivity contribution in [3.05, 3.63) is 35.5 Å². The summed E-state index contributed by atoms with van der Waals surface area (Å²) >= 11 is 0. The summed E-state index contributed by atoms with van der Waals surface area (Å²) < 4.78 is 5.51. The highest BCUT2D eigenvalue weighted by molar-refractivity contribution is 5.61. The summed E-state index contributed by atoms with van der Waals surface area (Å²) in [5.74, 6) is 2.52. The number of anilines is 1. The second-order valence-corrected chi connectivity index (χ2v) is 5.12. The number of benzene rings is 1. The Kier molecular flexibility index (Phi) is 2.85. The summed E-state index contributed by atoms with van der Waals surface area (Å²) in [7, 11) is 0. The predicted octanol–water partition coefficient (Wildman–Crippen LogP) is 2.78. The zero-order chi connectivity index (χ0) is 13.4. The van der Waals surface area contributed by atoms with Crippen LogP contribution < -0.4 is 10.5 Å². The SMILES string of the molecule is CC(C)c1cc(N)nc(-c2ccc3c(c2)CCO3)n1. The van der Waals surface area contributed by atoms with Crippen molar-refractivity contribution in [2.75, 3.05) is 12.3 Å². The first-order chi connectivity index (χ1) is 9.13. The zero-order valence-corrected chi connectivity index (χ0v) is 11.2. The minimum atomic E-state index is 0.335. The van der Waals surface area contributed by atoms with E-state index in [-0.39, 0.29) is 0 Å². The molecular weight excluding hydrogens is 238 g/mol. The topological polar surface area (TPSA) is 61.0 Å². The normalized spacial score (nSPS) is 13.4. The van der Waals surface area contributed by atoms with Crippen LogP contribution in [0.3, 0.4) is 0 Å². The molecule has 0 unspecified atom stereocenters. The third kappa shape index (κ3) is 2.26. The lowest BCUT2D eigenvalue weighted by atomic mass is 10.1. The maximum Gasteiger partial charge on any atom is 0.161 e. The molecule has 0 bridgehead atoms. The van der Waals surface area contributed by atoms with Crippen LogP contribution in [0, 0.1) is 0 Å². The lowest BCUT2D eigenvalue weighted by Crippen LogP contribution is -2.01. The minimum Gasteiger partial charge on any atom is -0.493 e. The van der Waals surface area contributed by atoms with Gasteiger partial charge >= 0.3 is 0 Å². The van der Waals surface area contributed by atoms with Crippen LogP contribution in [0.15, 0.2) is 24.3 Å². The Morgan fingerprint density at radius 1 is 1.21 bits per heavy atom. The third-order valence-corrected chi connectivity index (χ3v) is 3.30. The van der Waals surface area contributed by atoms with E-state index in [9.17, 15) is 0 Å². The van der Waals surface area contributed by atoms with Crippen LogP contribution in [0.2, 0.25) is 0 Å². The van der Waals surface area contributed by atoms with Crippen LogP contribution in [0.1, 0.15) is 31.0 Å². The van der Waals surface area contributed by atoms with Gasteiger partial charge in [0.25, 0.3) is 0 Å². The molecule has 19 heavy (non-hydrogen) atoms. The van der Waals surface area contributed by atoms with Gasteiger partial charge in [0.05, 0.1) is 6.61 Å². The molecule has 0 saturated carbocycles. The summed E-state index contributed by atoms with van der Waals surface area (Å²) in [6.45, 7) is 4.96. The van der Waals surface area contributed by atoms with Crippen LogP contribution >= 0.6 is 0 Å². The van der Waals surface area contributed by atoms with Gasteiger partial charge in [0.1, 0.15) is 11.6 Å². The molecule has 2 aromatic rings. The molecule has 0 saturated heterocycles. The molecule has 3 rings (SSSR count). The Bertz CT molecular complexity index is 623. The van der Waals surface area contributed by atoms with E-state index in [1.807, 2.05) is 18.2 Å². The molecule has 0 atom stereocenters. The third-order valence-electron chi connectivity index (χ3n) is 3.30. The molecule has 0 amide bonds. The van der Waals surface area contributed by atoms with Gasteiger partial charge in [0.2, 0.25) is 0 Å². The molecule has 1 aliphatic rings. The fourth-order valence-corrected chi connectivity index (χ4v) is 2.24. The quantitative estimate of drug-likeness (QED) is 0.896. The van der Waals surface area contributed by atoms with E-state index in [1.54, 1.807) is 0 Å². The summed E-state index contributed by atoms with van der Waals surface area (Å²) in [4.78, 5) is 8.93. The first-order valence-corrected chi connectivity index (χ1v) is 6.54. The lowest BCUT2D eigenvalue weighted by Gasteiger charge is -2.09. The Morgan fingerprint density at radius 2 is 2.05 bits per heavy atom. The highest BCUT2D eigenvalue weighted by Gasteiger charge is 2.14. The predicted molar refractivity (Wildman–Crippen MR) is 75.2 cm³/mol. The molecule has 1 aliphatic heterocycles. The molecule has 1 aromatic carbocycles. The summed E-state index contributed by atoms with van der Waals surface area (Å²) in [5, 5.41) is 0. The van der Waals surface area contributed by atoms with Gasteiger partial charge in [-0.2, -0.15) is 0 Å². The molecule has 0 radical (unpaired) electrons. The number of ether oxygens (including phenoxy) is 1. The van der Waals surface area contributed by atoms with E-state index in [0.717, 1.165) is 30.0 Å². The second kappa shape index (κ2) is 4.53. The number of aromatic nitrogens is 2. The first-order valence-electron chi connectivity index (χ1n) is 6.54. The smallest absolute Gasteiger partial charge is 0.161 e. The Hall–Kier alpha value is -2.10. The summed E-state index contributed by atoms with van der Waals surface area (Å²) in [6, 6.07) is 7.91. The number of nitrogens with zero attached hydrogens (tertiary/aromatic N) is 2. The lowest BCUT2D eigenvalue weighted by molar-refractivity contribution is 0.357.